The summed E-state index contributed by atoms with van der Waals surface area (Å²) in [5, 5.41) is 0. The highest BCUT2D eigenvalue weighted by Crippen LogP contribution is 2.13. The second-order valence-corrected chi connectivity index (χ2v) is 4.40. The molecule has 1 fully saturated rings. The van der Waals surface area contributed by atoms with Gasteiger partial charge in [0.05, 0.1) is 12.2 Å². The summed E-state index contributed by atoms with van der Waals surface area (Å²) in [6.07, 6.45) is 3.69. The van der Waals surface area contributed by atoms with Crippen molar-refractivity contribution in [3.8, 4) is 0 Å². The van der Waals surface area contributed by atoms with Crippen LogP contribution in [0, 0.1) is 0 Å². The number of likely N-dealkylation sites (tertiary alicyclic amines) is 1. The summed E-state index contributed by atoms with van der Waals surface area (Å²) in [5.74, 6) is 0. The molecule has 14 heavy (non-hydrogen) atoms. The van der Waals surface area contributed by atoms with Crippen LogP contribution in [0.4, 0.5) is 0 Å². The lowest BCUT2D eigenvalue weighted by Gasteiger charge is -2.28. The van der Waals surface area contributed by atoms with Crippen molar-refractivity contribution in [3.05, 3.63) is 0 Å². The Morgan fingerprint density at radius 1 is 1.36 bits per heavy atom. The molecule has 1 rings (SSSR count). The first-order valence-electron chi connectivity index (χ1n) is 5.76. The zero-order valence-electron chi connectivity index (χ0n) is 9.59. The molecule has 1 unspecified atom stereocenters. The molecule has 0 aromatic carbocycles. The zero-order valence-corrected chi connectivity index (χ0v) is 9.59. The van der Waals surface area contributed by atoms with Gasteiger partial charge in [-0.1, -0.05) is 6.92 Å². The Kier molecular flexibility index (Phi) is 4.85. The molecule has 1 aliphatic heterocycles. The summed E-state index contributed by atoms with van der Waals surface area (Å²) >= 11 is 0. The molecule has 0 bridgehead atoms. The molecule has 1 aliphatic rings. The molecule has 1 atom stereocenters. The lowest BCUT2D eigenvalue weighted by molar-refractivity contribution is -0.0338. The van der Waals surface area contributed by atoms with Crippen LogP contribution in [0.5, 0.6) is 0 Å². The van der Waals surface area contributed by atoms with Crippen molar-refractivity contribution in [1.82, 2.24) is 4.90 Å². The summed E-state index contributed by atoms with van der Waals surface area (Å²) in [4.78, 5) is 2.46. The van der Waals surface area contributed by atoms with Crippen molar-refractivity contribution in [2.45, 2.75) is 38.7 Å². The van der Waals surface area contributed by atoms with Gasteiger partial charge in [-0.3, -0.25) is 0 Å². The fourth-order valence-corrected chi connectivity index (χ4v) is 1.73. The highest BCUT2D eigenvalue weighted by Gasteiger charge is 2.21. The summed E-state index contributed by atoms with van der Waals surface area (Å²) < 4.78 is 5.82. The Labute approximate surface area is 87.6 Å². The van der Waals surface area contributed by atoms with E-state index in [1.54, 1.807) is 0 Å². The predicted octanol–water partition coefficient (Wildman–Crippen LogP) is 1.23. The lowest BCUT2D eigenvalue weighted by Crippen LogP contribution is -2.39. The van der Waals surface area contributed by atoms with Gasteiger partial charge in [-0.25, -0.2) is 0 Å². The van der Waals surface area contributed by atoms with Gasteiger partial charge in [-0.15, -0.1) is 0 Å². The molecule has 0 radical (unpaired) electrons. The van der Waals surface area contributed by atoms with Crippen molar-refractivity contribution in [1.29, 1.82) is 0 Å². The van der Waals surface area contributed by atoms with E-state index in [9.17, 15) is 0 Å². The van der Waals surface area contributed by atoms with Gasteiger partial charge in [0.15, 0.2) is 0 Å². The van der Waals surface area contributed by atoms with Crippen LogP contribution < -0.4 is 5.73 Å². The van der Waals surface area contributed by atoms with E-state index in [0.717, 1.165) is 19.6 Å². The van der Waals surface area contributed by atoms with E-state index in [2.05, 4.69) is 18.7 Å². The minimum absolute atomic E-state index is 0.111. The largest absolute Gasteiger partial charge is 0.373 e. The van der Waals surface area contributed by atoms with Gasteiger partial charge >= 0.3 is 0 Å². The second-order valence-electron chi connectivity index (χ2n) is 4.40. The minimum Gasteiger partial charge on any atom is -0.373 e. The number of hydrogen-bond acceptors (Lipinski definition) is 3. The Bertz CT molecular complexity index is 151. The van der Waals surface area contributed by atoms with E-state index in [0.29, 0.717) is 6.54 Å². The van der Waals surface area contributed by atoms with Gasteiger partial charge in [-0.05, 0) is 39.3 Å². The van der Waals surface area contributed by atoms with E-state index in [1.807, 2.05) is 0 Å². The molecule has 0 amide bonds. The van der Waals surface area contributed by atoms with Gasteiger partial charge in [-0.2, -0.15) is 0 Å². The van der Waals surface area contributed by atoms with Crippen LogP contribution in [0.15, 0.2) is 0 Å². The van der Waals surface area contributed by atoms with E-state index < -0.39 is 0 Å². The molecular weight excluding hydrogens is 176 g/mol. The van der Waals surface area contributed by atoms with Crippen LogP contribution >= 0.6 is 0 Å². The summed E-state index contributed by atoms with van der Waals surface area (Å²) in [6.45, 7) is 9.21. The van der Waals surface area contributed by atoms with Crippen LogP contribution in [0.1, 0.15) is 33.1 Å². The molecule has 0 aromatic rings. The topological polar surface area (TPSA) is 38.5 Å². The van der Waals surface area contributed by atoms with Crippen molar-refractivity contribution in [3.63, 3.8) is 0 Å². The zero-order chi connectivity index (χ0) is 10.4. The van der Waals surface area contributed by atoms with Gasteiger partial charge in [0, 0.05) is 13.1 Å². The van der Waals surface area contributed by atoms with Crippen molar-refractivity contribution in [2.24, 2.45) is 5.73 Å². The summed E-state index contributed by atoms with van der Waals surface area (Å²) in [6, 6.07) is 0. The quantitative estimate of drug-likeness (QED) is 0.701. The third-order valence-electron chi connectivity index (χ3n) is 3.24. The van der Waals surface area contributed by atoms with Crippen molar-refractivity contribution >= 4 is 0 Å². The Balaban J connectivity index is 2.12. The minimum atomic E-state index is -0.111. The number of ether oxygens (including phenoxy) is 1. The van der Waals surface area contributed by atoms with Crippen molar-refractivity contribution < 1.29 is 4.74 Å². The lowest BCUT2D eigenvalue weighted by atomic mass is 10.0. The number of nitrogens with zero attached hydrogens (tertiary/aromatic N) is 1. The fourth-order valence-electron chi connectivity index (χ4n) is 1.73. The molecule has 0 aromatic heterocycles. The van der Waals surface area contributed by atoms with Gasteiger partial charge in [0.2, 0.25) is 0 Å². The van der Waals surface area contributed by atoms with Gasteiger partial charge in [0.1, 0.15) is 0 Å². The van der Waals surface area contributed by atoms with Crippen LogP contribution in [0.25, 0.3) is 0 Å². The van der Waals surface area contributed by atoms with Gasteiger partial charge < -0.3 is 15.4 Å². The molecule has 84 valence electrons. The predicted molar refractivity (Wildman–Crippen MR) is 59.4 cm³/mol. The number of rotatable bonds is 6. The highest BCUT2D eigenvalue weighted by atomic mass is 16.5. The average molecular weight is 200 g/mol. The summed E-state index contributed by atoms with van der Waals surface area (Å²) in [7, 11) is 0. The molecule has 2 N–H and O–H groups in total. The van der Waals surface area contributed by atoms with Crippen LogP contribution in [0.2, 0.25) is 0 Å². The molecule has 1 heterocycles. The standard InChI is InChI=1S/C11H24N2O/c1-3-11(2,10-12)14-9-8-13-6-4-5-7-13/h3-10,12H2,1-2H3. The Hall–Kier alpha value is -0.120. The maximum absolute atomic E-state index is 5.82. The normalized spacial score (nSPS) is 22.5. The first kappa shape index (κ1) is 12.0. The van der Waals surface area contributed by atoms with E-state index >= 15 is 0 Å². The Morgan fingerprint density at radius 3 is 2.50 bits per heavy atom. The first-order valence-corrected chi connectivity index (χ1v) is 5.76. The van der Waals surface area contributed by atoms with E-state index in [-0.39, 0.29) is 5.60 Å². The third kappa shape index (κ3) is 3.56. The van der Waals surface area contributed by atoms with E-state index in [1.165, 1.54) is 25.9 Å². The fraction of sp³-hybridized carbons (Fsp3) is 1.00. The molecule has 3 nitrogen and oxygen atoms in total. The Morgan fingerprint density at radius 2 is 2.00 bits per heavy atom. The molecule has 1 saturated heterocycles. The van der Waals surface area contributed by atoms with E-state index in [4.69, 9.17) is 10.5 Å². The van der Waals surface area contributed by atoms with Crippen molar-refractivity contribution in [2.75, 3.05) is 32.8 Å². The SMILES string of the molecule is CCC(C)(CN)OCCN1CCCC1. The number of nitrogens with two attached hydrogens (primary N) is 1. The van der Waals surface area contributed by atoms with Crippen LogP contribution in [-0.4, -0.2) is 43.3 Å². The third-order valence-corrected chi connectivity index (χ3v) is 3.24. The average Bonchev–Trinajstić information content (AvgIpc) is 2.70. The summed E-state index contributed by atoms with van der Waals surface area (Å²) in [5.41, 5.74) is 5.56. The monoisotopic (exact) mass is 200 g/mol. The maximum atomic E-state index is 5.82. The molecule has 0 spiro atoms. The highest BCUT2D eigenvalue weighted by molar-refractivity contribution is 4.74. The molecule has 3 heteroatoms. The molecular formula is C11H24N2O. The molecule has 0 aliphatic carbocycles. The van der Waals surface area contributed by atoms with Crippen LogP contribution in [-0.2, 0) is 4.74 Å². The number of hydrogen-bond donors (Lipinski definition) is 1. The molecule has 0 saturated carbocycles. The smallest absolute Gasteiger partial charge is 0.0774 e. The second kappa shape index (κ2) is 5.69. The first-order chi connectivity index (χ1) is 6.70. The van der Waals surface area contributed by atoms with Gasteiger partial charge in [0.25, 0.3) is 0 Å². The van der Waals surface area contributed by atoms with Crippen LogP contribution in [0.3, 0.4) is 0 Å². The maximum Gasteiger partial charge on any atom is 0.0774 e.